The van der Waals surface area contributed by atoms with Crippen LogP contribution in [0, 0.1) is 17.2 Å². The van der Waals surface area contributed by atoms with Crippen molar-refractivity contribution in [1.82, 2.24) is 0 Å². The first-order valence-electron chi connectivity index (χ1n) is 6.47. The van der Waals surface area contributed by atoms with Crippen molar-refractivity contribution < 1.29 is 10.0 Å². The maximum absolute atomic E-state index is 9.82. The van der Waals surface area contributed by atoms with Gasteiger partial charge in [-0.1, -0.05) is 12.1 Å². The van der Waals surface area contributed by atoms with Crippen LogP contribution < -0.4 is 9.80 Å². The number of quaternary nitrogens is 1. The Balaban J connectivity index is 1.91. The predicted octanol–water partition coefficient (Wildman–Crippen LogP) is 0.257. The van der Waals surface area contributed by atoms with E-state index >= 15 is 0 Å². The molecule has 2 N–H and O–H groups in total. The summed E-state index contributed by atoms with van der Waals surface area (Å²) in [5, 5.41) is 18.6. The average Bonchev–Trinajstić information content (AvgIpc) is 2.40. The standard InChI is InChI=1S/C14H19N3O/c1-12(10-15)11-16-6-8-17(9-7-16)13-4-2-3-5-14(13)18/h2-5,12,18H,6-9,11H2,1H3/p+1/t12-/m1/s1. The summed E-state index contributed by atoms with van der Waals surface area (Å²) in [5.41, 5.74) is 0.921. The molecule has 1 saturated heterocycles. The fourth-order valence-corrected chi connectivity index (χ4v) is 2.48. The van der Waals surface area contributed by atoms with Crippen molar-refractivity contribution in [2.24, 2.45) is 5.92 Å². The van der Waals surface area contributed by atoms with Crippen LogP contribution in [0.2, 0.25) is 0 Å². The molecule has 1 fully saturated rings. The Morgan fingerprint density at radius 1 is 1.39 bits per heavy atom. The fraction of sp³-hybridized carbons (Fsp3) is 0.500. The van der Waals surface area contributed by atoms with Crippen molar-refractivity contribution in [1.29, 1.82) is 5.26 Å². The quantitative estimate of drug-likeness (QED) is 0.804. The first kappa shape index (κ1) is 12.7. The number of phenolic OH excluding ortho intramolecular Hbond substituents is 1. The molecule has 0 spiro atoms. The SMILES string of the molecule is C[C@H](C#N)C[NH+]1CCN(c2ccccc2O)CC1. The lowest BCUT2D eigenvalue weighted by Gasteiger charge is -2.34. The zero-order chi connectivity index (χ0) is 13.0. The van der Waals surface area contributed by atoms with Crippen molar-refractivity contribution in [3.05, 3.63) is 24.3 Å². The van der Waals surface area contributed by atoms with E-state index in [0.717, 1.165) is 38.4 Å². The second kappa shape index (κ2) is 5.74. The number of hydrogen-bond acceptors (Lipinski definition) is 3. The molecule has 0 aromatic heterocycles. The minimum Gasteiger partial charge on any atom is -0.506 e. The zero-order valence-electron chi connectivity index (χ0n) is 10.8. The van der Waals surface area contributed by atoms with E-state index in [1.54, 1.807) is 6.07 Å². The third-order valence-electron chi connectivity index (χ3n) is 3.51. The van der Waals surface area contributed by atoms with Gasteiger partial charge in [-0.25, -0.2) is 0 Å². The van der Waals surface area contributed by atoms with Crippen molar-refractivity contribution >= 4 is 5.69 Å². The Hall–Kier alpha value is -1.73. The minimum absolute atomic E-state index is 0.122. The number of anilines is 1. The first-order valence-corrected chi connectivity index (χ1v) is 6.47. The Labute approximate surface area is 108 Å². The molecule has 0 aliphatic carbocycles. The molecule has 0 unspecified atom stereocenters. The number of nitrogens with one attached hydrogen (secondary N) is 1. The summed E-state index contributed by atoms with van der Waals surface area (Å²) in [7, 11) is 0. The van der Waals surface area contributed by atoms with E-state index in [2.05, 4.69) is 11.0 Å². The number of hydrogen-bond donors (Lipinski definition) is 2. The number of aromatic hydroxyl groups is 1. The van der Waals surface area contributed by atoms with Crippen LogP contribution in [-0.4, -0.2) is 37.8 Å². The lowest BCUT2D eigenvalue weighted by Crippen LogP contribution is -3.15. The van der Waals surface area contributed by atoms with E-state index in [1.807, 2.05) is 25.1 Å². The lowest BCUT2D eigenvalue weighted by atomic mass is 10.1. The van der Waals surface area contributed by atoms with E-state index < -0.39 is 0 Å². The van der Waals surface area contributed by atoms with Crippen molar-refractivity contribution in [2.45, 2.75) is 6.92 Å². The number of piperazine rings is 1. The van der Waals surface area contributed by atoms with Gasteiger partial charge in [-0.2, -0.15) is 5.26 Å². The first-order chi connectivity index (χ1) is 8.70. The van der Waals surface area contributed by atoms with Crippen molar-refractivity contribution in [3.8, 4) is 11.8 Å². The van der Waals surface area contributed by atoms with Gasteiger partial charge in [0.1, 0.15) is 5.75 Å². The van der Waals surface area contributed by atoms with E-state index in [4.69, 9.17) is 5.26 Å². The van der Waals surface area contributed by atoms with Crippen LogP contribution in [0.5, 0.6) is 5.75 Å². The average molecular weight is 246 g/mol. The molecule has 1 aromatic rings. The van der Waals surface area contributed by atoms with Crippen LogP contribution in [-0.2, 0) is 0 Å². The van der Waals surface area contributed by atoms with E-state index in [-0.39, 0.29) is 5.92 Å². The van der Waals surface area contributed by atoms with Crippen LogP contribution >= 0.6 is 0 Å². The van der Waals surface area contributed by atoms with Gasteiger partial charge in [0.15, 0.2) is 0 Å². The number of rotatable bonds is 3. The smallest absolute Gasteiger partial charge is 0.138 e. The van der Waals surface area contributed by atoms with E-state index in [9.17, 15) is 5.11 Å². The van der Waals surface area contributed by atoms with Gasteiger partial charge in [-0.15, -0.1) is 0 Å². The molecule has 4 nitrogen and oxygen atoms in total. The van der Waals surface area contributed by atoms with Crippen LogP contribution in [0.25, 0.3) is 0 Å². The molecule has 2 rings (SSSR count). The van der Waals surface area contributed by atoms with Crippen molar-refractivity contribution in [3.63, 3.8) is 0 Å². The summed E-state index contributed by atoms with van der Waals surface area (Å²) < 4.78 is 0. The molecule has 1 aromatic carbocycles. The lowest BCUT2D eigenvalue weighted by molar-refractivity contribution is -0.902. The molecule has 0 amide bonds. The number of phenols is 1. The third kappa shape index (κ3) is 2.93. The van der Waals surface area contributed by atoms with Crippen LogP contribution in [0.3, 0.4) is 0 Å². The summed E-state index contributed by atoms with van der Waals surface area (Å²) in [6.07, 6.45) is 0. The second-order valence-electron chi connectivity index (χ2n) is 4.96. The highest BCUT2D eigenvalue weighted by atomic mass is 16.3. The Morgan fingerprint density at radius 2 is 2.06 bits per heavy atom. The molecule has 1 heterocycles. The Morgan fingerprint density at radius 3 is 2.67 bits per heavy atom. The molecule has 1 atom stereocenters. The fourth-order valence-electron chi connectivity index (χ4n) is 2.48. The number of benzene rings is 1. The predicted molar refractivity (Wildman–Crippen MR) is 70.7 cm³/mol. The largest absolute Gasteiger partial charge is 0.506 e. The van der Waals surface area contributed by atoms with Gasteiger partial charge in [-0.05, 0) is 19.1 Å². The summed E-state index contributed by atoms with van der Waals surface area (Å²) in [6, 6.07) is 9.77. The molecule has 0 radical (unpaired) electrons. The van der Waals surface area contributed by atoms with Gasteiger partial charge in [0.25, 0.3) is 0 Å². The van der Waals surface area contributed by atoms with E-state index in [0.29, 0.717) is 5.75 Å². The van der Waals surface area contributed by atoms with Gasteiger partial charge < -0.3 is 14.9 Å². The van der Waals surface area contributed by atoms with Gasteiger partial charge in [0.2, 0.25) is 0 Å². The van der Waals surface area contributed by atoms with Crippen LogP contribution in [0.1, 0.15) is 6.92 Å². The van der Waals surface area contributed by atoms with Crippen molar-refractivity contribution in [2.75, 3.05) is 37.6 Å². The Bertz CT molecular complexity index is 433. The van der Waals surface area contributed by atoms with E-state index in [1.165, 1.54) is 4.90 Å². The molecule has 0 saturated carbocycles. The van der Waals surface area contributed by atoms with Gasteiger partial charge in [-0.3, -0.25) is 0 Å². The third-order valence-corrected chi connectivity index (χ3v) is 3.51. The molecule has 18 heavy (non-hydrogen) atoms. The molecule has 1 aliphatic heterocycles. The summed E-state index contributed by atoms with van der Waals surface area (Å²) >= 11 is 0. The molecular formula is C14H20N3O+. The summed E-state index contributed by atoms with van der Waals surface area (Å²) in [5.74, 6) is 0.475. The normalized spacial score (nSPS) is 18.3. The topological polar surface area (TPSA) is 51.7 Å². The molecule has 4 heteroatoms. The highest BCUT2D eigenvalue weighted by Gasteiger charge is 2.22. The van der Waals surface area contributed by atoms with Gasteiger partial charge in [0.05, 0.1) is 50.4 Å². The minimum atomic E-state index is 0.122. The number of nitriles is 1. The number of nitrogens with zero attached hydrogens (tertiary/aromatic N) is 2. The van der Waals surface area contributed by atoms with Crippen LogP contribution in [0.4, 0.5) is 5.69 Å². The summed E-state index contributed by atoms with van der Waals surface area (Å²) in [4.78, 5) is 3.70. The second-order valence-corrected chi connectivity index (χ2v) is 4.96. The maximum Gasteiger partial charge on any atom is 0.138 e. The zero-order valence-corrected chi connectivity index (χ0v) is 10.8. The highest BCUT2D eigenvalue weighted by Crippen LogP contribution is 2.25. The molecule has 1 aliphatic rings. The monoisotopic (exact) mass is 246 g/mol. The van der Waals surface area contributed by atoms with Gasteiger partial charge >= 0.3 is 0 Å². The molecule has 96 valence electrons. The maximum atomic E-state index is 9.82. The summed E-state index contributed by atoms with van der Waals surface area (Å²) in [6.45, 7) is 6.82. The highest BCUT2D eigenvalue weighted by molar-refractivity contribution is 5.57. The molecular weight excluding hydrogens is 226 g/mol. The molecule has 0 bridgehead atoms. The Kier molecular flexibility index (Phi) is 4.06. The van der Waals surface area contributed by atoms with Crippen LogP contribution in [0.15, 0.2) is 24.3 Å². The number of para-hydroxylation sites is 2. The van der Waals surface area contributed by atoms with Gasteiger partial charge in [0, 0.05) is 0 Å².